The number of rotatable bonds is 7. The first kappa shape index (κ1) is 31.7. The van der Waals surface area contributed by atoms with E-state index >= 15 is 0 Å². The molecule has 1 unspecified atom stereocenters. The molecule has 2 aromatic rings. The van der Waals surface area contributed by atoms with Crippen LogP contribution in [0.5, 0.6) is 0 Å². The molecule has 6 atom stereocenters. The van der Waals surface area contributed by atoms with Gasteiger partial charge in [-0.3, -0.25) is 19.4 Å². The van der Waals surface area contributed by atoms with Crippen LogP contribution >= 0.6 is 15.9 Å². The lowest BCUT2D eigenvalue weighted by Crippen LogP contribution is -2.61. The predicted octanol–water partition coefficient (Wildman–Crippen LogP) is 4.41. The molecule has 2 aliphatic rings. The number of likely N-dealkylation sites (tertiary alicyclic amines) is 1. The zero-order valence-electron chi connectivity index (χ0n) is 24.0. The van der Waals surface area contributed by atoms with E-state index in [1.165, 1.54) is 18.0 Å². The van der Waals surface area contributed by atoms with Crippen LogP contribution in [0.3, 0.4) is 0 Å². The van der Waals surface area contributed by atoms with Crippen LogP contribution in [0.4, 0.5) is 13.2 Å². The second kappa shape index (κ2) is 11.1. The number of hydrogen-bond donors (Lipinski definition) is 2. The molecule has 3 amide bonds. The number of alkyl halides is 3. The van der Waals surface area contributed by atoms with Gasteiger partial charge in [-0.2, -0.15) is 18.4 Å². The molecule has 1 aromatic heterocycles. The number of halogens is 4. The molecule has 9 nitrogen and oxygen atoms in total. The van der Waals surface area contributed by atoms with Crippen molar-refractivity contribution in [1.29, 1.82) is 5.26 Å². The summed E-state index contributed by atoms with van der Waals surface area (Å²) in [6.07, 6.45) is -3.27. The van der Waals surface area contributed by atoms with Crippen molar-refractivity contribution in [3.8, 4) is 6.07 Å². The maximum atomic E-state index is 13.9. The van der Waals surface area contributed by atoms with Gasteiger partial charge in [0.05, 0.1) is 17.8 Å². The monoisotopic (exact) mass is 651 g/mol. The normalized spacial score (nSPS) is 23.4. The van der Waals surface area contributed by atoms with Crippen LogP contribution < -0.4 is 10.6 Å². The number of fused-ring (bicyclic) bond motifs is 2. The molecule has 1 aromatic carbocycles. The molecule has 1 aliphatic heterocycles. The Hall–Kier alpha value is -3.24. The quantitative estimate of drug-likeness (QED) is 0.457. The van der Waals surface area contributed by atoms with E-state index in [4.69, 9.17) is 4.74 Å². The first-order valence-corrected chi connectivity index (χ1v) is 14.3. The number of benzene rings is 1. The van der Waals surface area contributed by atoms with E-state index in [0.717, 1.165) is 5.39 Å². The van der Waals surface area contributed by atoms with Gasteiger partial charge < -0.3 is 20.3 Å². The van der Waals surface area contributed by atoms with Crippen molar-refractivity contribution in [2.45, 2.75) is 77.5 Å². The van der Waals surface area contributed by atoms with E-state index in [1.54, 1.807) is 38.4 Å². The summed E-state index contributed by atoms with van der Waals surface area (Å²) >= 11 is 3.49. The van der Waals surface area contributed by atoms with Gasteiger partial charge in [0.1, 0.15) is 18.1 Å². The molecule has 226 valence electrons. The van der Waals surface area contributed by atoms with Crippen molar-refractivity contribution >= 4 is 44.4 Å². The number of carbonyl (C=O) groups is 3. The average molecular weight is 653 g/mol. The Bertz CT molecular complexity index is 1450. The van der Waals surface area contributed by atoms with Gasteiger partial charge in [-0.05, 0) is 51.0 Å². The summed E-state index contributed by atoms with van der Waals surface area (Å²) in [5.41, 5.74) is -0.711. The Morgan fingerprint density at radius 1 is 1.19 bits per heavy atom. The maximum absolute atomic E-state index is 13.9. The van der Waals surface area contributed by atoms with Gasteiger partial charge in [-0.15, -0.1) is 0 Å². The number of nitrogens with zero attached hydrogens (tertiary/aromatic N) is 3. The van der Waals surface area contributed by atoms with Crippen LogP contribution in [0, 0.1) is 28.6 Å². The summed E-state index contributed by atoms with van der Waals surface area (Å²) in [6.45, 7) is 10.4. The highest BCUT2D eigenvalue weighted by atomic mass is 79.9. The number of piperidine rings is 1. The number of aromatic nitrogens is 1. The van der Waals surface area contributed by atoms with Gasteiger partial charge in [0.15, 0.2) is 0 Å². The molecule has 1 saturated heterocycles. The lowest BCUT2D eigenvalue weighted by molar-refractivity contribution is -0.177. The Kier molecular flexibility index (Phi) is 8.39. The Morgan fingerprint density at radius 3 is 2.45 bits per heavy atom. The lowest BCUT2D eigenvalue weighted by atomic mass is 9.97. The van der Waals surface area contributed by atoms with E-state index in [0.29, 0.717) is 15.4 Å². The largest absolute Gasteiger partial charge is 0.471 e. The number of amides is 3. The molecular weight excluding hydrogens is 619 g/mol. The molecule has 2 N–H and O–H groups in total. The summed E-state index contributed by atoms with van der Waals surface area (Å²) in [7, 11) is 0. The van der Waals surface area contributed by atoms with Crippen LogP contribution in [0.15, 0.2) is 35.1 Å². The molecule has 13 heteroatoms. The molecular formula is C29H33BrF3N5O4. The van der Waals surface area contributed by atoms with E-state index in [1.807, 2.05) is 26.0 Å². The molecule has 1 aliphatic carbocycles. The first-order valence-electron chi connectivity index (χ1n) is 13.5. The van der Waals surface area contributed by atoms with Gasteiger partial charge >= 0.3 is 12.1 Å². The number of pyridine rings is 1. The minimum Gasteiger partial charge on any atom is -0.370 e. The zero-order valence-corrected chi connectivity index (χ0v) is 25.6. The fourth-order valence-electron chi connectivity index (χ4n) is 6.06. The van der Waals surface area contributed by atoms with Gasteiger partial charge in [-0.1, -0.05) is 41.9 Å². The third-order valence-electron chi connectivity index (χ3n) is 8.07. The van der Waals surface area contributed by atoms with E-state index in [-0.39, 0.29) is 23.8 Å². The Balaban J connectivity index is 1.66. The van der Waals surface area contributed by atoms with Crippen molar-refractivity contribution in [2.24, 2.45) is 17.3 Å². The smallest absolute Gasteiger partial charge is 0.370 e. The topological polar surface area (TPSA) is 124 Å². The number of ether oxygens (including phenoxy) is 1. The van der Waals surface area contributed by atoms with E-state index in [2.05, 4.69) is 32.3 Å². The predicted molar refractivity (Wildman–Crippen MR) is 150 cm³/mol. The fourth-order valence-corrected chi connectivity index (χ4v) is 6.67. The summed E-state index contributed by atoms with van der Waals surface area (Å²) in [6, 6.07) is 3.61. The van der Waals surface area contributed by atoms with Gasteiger partial charge in [-0.25, -0.2) is 0 Å². The van der Waals surface area contributed by atoms with Crippen LogP contribution in [0.2, 0.25) is 0 Å². The molecule has 1 saturated carbocycles. The van der Waals surface area contributed by atoms with Crippen LogP contribution in [-0.4, -0.2) is 64.1 Å². The molecule has 2 fully saturated rings. The third-order valence-corrected chi connectivity index (χ3v) is 8.73. The second-order valence-electron chi connectivity index (χ2n) is 12.4. The second-order valence-corrected chi connectivity index (χ2v) is 13.3. The fraction of sp³-hybridized carbons (Fsp3) is 0.552. The minimum atomic E-state index is -5.23. The first-order chi connectivity index (χ1) is 19.4. The molecule has 2 heterocycles. The van der Waals surface area contributed by atoms with Crippen LogP contribution in [-0.2, 0) is 19.1 Å². The van der Waals surface area contributed by atoms with Gasteiger partial charge in [0.25, 0.3) is 0 Å². The lowest BCUT2D eigenvalue weighted by Gasteiger charge is -2.36. The average Bonchev–Trinajstić information content (AvgIpc) is 3.21. The Morgan fingerprint density at radius 2 is 1.86 bits per heavy atom. The van der Waals surface area contributed by atoms with Crippen LogP contribution in [0.1, 0.15) is 53.1 Å². The minimum absolute atomic E-state index is 0.0936. The number of hydrogen-bond acceptors (Lipinski definition) is 6. The number of nitrogens with one attached hydrogen (secondary N) is 2. The molecule has 0 spiro atoms. The van der Waals surface area contributed by atoms with Crippen molar-refractivity contribution in [1.82, 2.24) is 20.5 Å². The van der Waals surface area contributed by atoms with Crippen molar-refractivity contribution in [3.05, 3.63) is 40.6 Å². The van der Waals surface area contributed by atoms with Crippen LogP contribution in [0.25, 0.3) is 10.8 Å². The zero-order chi connectivity index (χ0) is 31.4. The summed E-state index contributed by atoms with van der Waals surface area (Å²) in [4.78, 5) is 45.1. The van der Waals surface area contributed by atoms with Crippen molar-refractivity contribution in [2.75, 3.05) is 6.54 Å². The summed E-state index contributed by atoms with van der Waals surface area (Å²) in [5.74, 6) is -4.16. The van der Waals surface area contributed by atoms with Gasteiger partial charge in [0, 0.05) is 39.7 Å². The number of carbonyl (C=O) groups excluding carboxylic acids is 3. The molecule has 0 radical (unpaired) electrons. The summed E-state index contributed by atoms with van der Waals surface area (Å²) < 4.78 is 46.2. The number of nitriles is 1. The highest BCUT2D eigenvalue weighted by molar-refractivity contribution is 9.10. The highest BCUT2D eigenvalue weighted by Gasteiger charge is 2.69. The van der Waals surface area contributed by atoms with Gasteiger partial charge in [0.2, 0.25) is 11.8 Å². The molecule has 0 bridgehead atoms. The van der Waals surface area contributed by atoms with E-state index in [9.17, 15) is 32.8 Å². The van der Waals surface area contributed by atoms with Crippen molar-refractivity contribution < 1.29 is 32.3 Å². The van der Waals surface area contributed by atoms with E-state index < -0.39 is 53.7 Å². The standard InChI is InChI=1S/C29H33BrF3N5O4/c1-14(42-27(2,3)4)22(37-26(41)29(31,32)33)25(40)38-13-17-21(28(17,5)6)23(38)24(39)36-19(10-34)16-12-35-11-15-8-7-9-18(30)20(15)16/h7-9,11-12,14,17,19,21-23H,13H2,1-6H3,(H,36,39)(H,37,41)/t14-,17+,19?,21+,22+,23+/m1/s1. The van der Waals surface area contributed by atoms with Crippen molar-refractivity contribution in [3.63, 3.8) is 0 Å². The third kappa shape index (κ3) is 6.10. The maximum Gasteiger partial charge on any atom is 0.471 e. The Labute approximate surface area is 250 Å². The molecule has 4 rings (SSSR count). The summed E-state index contributed by atoms with van der Waals surface area (Å²) in [5, 5.41) is 16.0. The molecule has 42 heavy (non-hydrogen) atoms. The SMILES string of the molecule is C[C@@H](OC(C)(C)C)[C@H](NC(=O)C(F)(F)F)C(=O)N1C[C@H]2[C@@H]([C@H]1C(=O)NC(C#N)c1cncc3cccc(Br)c13)C2(C)C. The highest BCUT2D eigenvalue weighted by Crippen LogP contribution is 2.65.